The van der Waals surface area contributed by atoms with Crippen molar-refractivity contribution in [3.63, 3.8) is 0 Å². The van der Waals surface area contributed by atoms with Gasteiger partial charge in [0.2, 0.25) is 5.78 Å². The molecule has 0 aliphatic carbocycles. The Bertz CT molecular complexity index is 478. The number of amides is 1. The molecule has 0 fully saturated rings. The van der Waals surface area contributed by atoms with Crippen molar-refractivity contribution in [2.75, 3.05) is 0 Å². The van der Waals surface area contributed by atoms with Gasteiger partial charge in [0.1, 0.15) is 0 Å². The molecule has 0 saturated heterocycles. The van der Waals surface area contributed by atoms with E-state index in [1.165, 1.54) is 24.3 Å². The molecule has 0 aliphatic heterocycles. The Morgan fingerprint density at radius 3 is 2.13 bits per heavy atom. The molecule has 1 N–H and O–H groups in total. The Morgan fingerprint density at radius 1 is 1.13 bits per heavy atom. The summed E-state index contributed by atoms with van der Waals surface area (Å²) in [6, 6.07) is 7.34. The van der Waals surface area contributed by atoms with Crippen molar-refractivity contribution in [2.24, 2.45) is 0 Å². The van der Waals surface area contributed by atoms with E-state index < -0.39 is 21.7 Å². The molecule has 5 nitrogen and oxygen atoms in total. The Morgan fingerprint density at radius 2 is 1.67 bits per heavy atom. The van der Waals surface area contributed by atoms with Gasteiger partial charge in [-0.3, -0.25) is 9.59 Å². The Labute approximate surface area is 87.2 Å². The average Bonchev–Trinajstić information content (AvgIpc) is 2.18. The van der Waals surface area contributed by atoms with E-state index in [0.717, 1.165) is 6.92 Å². The first-order valence-corrected chi connectivity index (χ1v) is 5.54. The predicted octanol–water partition coefficient (Wildman–Crippen LogP) is 0.0805. The summed E-state index contributed by atoms with van der Waals surface area (Å²) in [5.74, 6) is -1.99. The van der Waals surface area contributed by atoms with Gasteiger partial charge >= 0.3 is 5.91 Å². The summed E-state index contributed by atoms with van der Waals surface area (Å²) < 4.78 is 24.6. The summed E-state index contributed by atoms with van der Waals surface area (Å²) in [6.45, 7) is 0.996. The van der Waals surface area contributed by atoms with Crippen molar-refractivity contribution < 1.29 is 18.0 Å². The van der Waals surface area contributed by atoms with Crippen molar-refractivity contribution in [3.8, 4) is 0 Å². The van der Waals surface area contributed by atoms with Crippen LogP contribution in [0.4, 0.5) is 0 Å². The van der Waals surface area contributed by atoms with Crippen LogP contribution in [0.15, 0.2) is 35.2 Å². The normalized spacial score (nSPS) is 10.7. The summed E-state index contributed by atoms with van der Waals surface area (Å²) >= 11 is 0. The van der Waals surface area contributed by atoms with Gasteiger partial charge in [-0.15, -0.1) is 0 Å². The van der Waals surface area contributed by atoms with Crippen molar-refractivity contribution >= 4 is 21.7 Å². The lowest BCUT2D eigenvalue weighted by molar-refractivity contribution is -0.135. The first-order chi connectivity index (χ1) is 6.93. The van der Waals surface area contributed by atoms with Crippen LogP contribution in [0.5, 0.6) is 0 Å². The van der Waals surface area contributed by atoms with Crippen molar-refractivity contribution in [3.05, 3.63) is 30.3 Å². The molecule has 80 valence electrons. The molecule has 0 aromatic heterocycles. The maximum Gasteiger partial charge on any atom is 0.300 e. The van der Waals surface area contributed by atoms with Crippen LogP contribution in [0.2, 0.25) is 0 Å². The lowest BCUT2D eigenvalue weighted by Crippen LogP contribution is -2.34. The second-order valence-electron chi connectivity index (χ2n) is 2.80. The lowest BCUT2D eigenvalue weighted by Gasteiger charge is -2.03. The van der Waals surface area contributed by atoms with Crippen molar-refractivity contribution in [1.82, 2.24) is 4.72 Å². The minimum absolute atomic E-state index is 0.0559. The van der Waals surface area contributed by atoms with Gasteiger partial charge in [0, 0.05) is 6.92 Å². The Kier molecular flexibility index (Phi) is 3.21. The summed E-state index contributed by atoms with van der Waals surface area (Å²) in [6.07, 6.45) is 0. The smallest absolute Gasteiger partial charge is 0.289 e. The molecule has 1 aromatic carbocycles. The third kappa shape index (κ3) is 2.88. The minimum atomic E-state index is -3.92. The highest BCUT2D eigenvalue weighted by Gasteiger charge is 2.19. The molecular weight excluding hydrogens is 218 g/mol. The van der Waals surface area contributed by atoms with Crippen LogP contribution in [0.1, 0.15) is 6.92 Å². The van der Waals surface area contributed by atoms with Gasteiger partial charge in [-0.25, -0.2) is 13.1 Å². The van der Waals surface area contributed by atoms with Crippen molar-refractivity contribution in [1.29, 1.82) is 0 Å². The number of carbonyl (C=O) groups excluding carboxylic acids is 2. The van der Waals surface area contributed by atoms with Gasteiger partial charge < -0.3 is 0 Å². The van der Waals surface area contributed by atoms with E-state index in [1.54, 1.807) is 10.8 Å². The molecule has 0 radical (unpaired) electrons. The van der Waals surface area contributed by atoms with E-state index >= 15 is 0 Å². The maximum atomic E-state index is 11.5. The fourth-order valence-corrected chi connectivity index (χ4v) is 1.87. The zero-order valence-electron chi connectivity index (χ0n) is 7.93. The van der Waals surface area contributed by atoms with Gasteiger partial charge in [0.25, 0.3) is 10.0 Å². The van der Waals surface area contributed by atoms with Gasteiger partial charge in [-0.2, -0.15) is 0 Å². The summed E-state index contributed by atoms with van der Waals surface area (Å²) in [5, 5.41) is 0. The molecule has 0 atom stereocenters. The summed E-state index contributed by atoms with van der Waals surface area (Å²) in [4.78, 5) is 21.4. The van der Waals surface area contributed by atoms with Crippen LogP contribution >= 0.6 is 0 Å². The molecule has 1 amide bonds. The monoisotopic (exact) mass is 227 g/mol. The van der Waals surface area contributed by atoms with E-state index in [9.17, 15) is 18.0 Å². The highest BCUT2D eigenvalue weighted by molar-refractivity contribution is 7.90. The van der Waals surface area contributed by atoms with E-state index in [4.69, 9.17) is 0 Å². The first-order valence-electron chi connectivity index (χ1n) is 4.06. The molecule has 1 aromatic rings. The van der Waals surface area contributed by atoms with E-state index in [1.807, 2.05) is 0 Å². The SMILES string of the molecule is CC(=O)C(=O)NS(=O)(=O)c1ccccc1. The van der Waals surface area contributed by atoms with Crippen LogP contribution in [-0.4, -0.2) is 20.1 Å². The molecule has 0 heterocycles. The topological polar surface area (TPSA) is 80.3 Å². The standard InChI is InChI=1S/C9H9NO4S/c1-7(11)9(12)10-15(13,14)8-5-3-2-4-6-8/h2-6H,1H3,(H,10,12). The first kappa shape index (κ1) is 11.4. The molecule has 0 bridgehead atoms. The fourth-order valence-electron chi connectivity index (χ4n) is 0.852. The molecule has 0 spiro atoms. The number of rotatable bonds is 3. The number of benzene rings is 1. The number of carbonyl (C=O) groups is 2. The molecule has 0 unspecified atom stereocenters. The van der Waals surface area contributed by atoms with Crippen molar-refractivity contribution in [2.45, 2.75) is 11.8 Å². The van der Waals surface area contributed by atoms with Crippen LogP contribution < -0.4 is 4.72 Å². The second-order valence-corrected chi connectivity index (χ2v) is 4.49. The predicted molar refractivity (Wildman–Crippen MR) is 52.5 cm³/mol. The summed E-state index contributed by atoms with van der Waals surface area (Å²) in [7, 11) is -3.92. The van der Waals surface area contributed by atoms with Crippen LogP contribution in [0, 0.1) is 0 Å². The highest BCUT2D eigenvalue weighted by Crippen LogP contribution is 2.06. The number of ketones is 1. The number of Topliss-reactive ketones (excluding diaryl/α,β-unsaturated/α-hetero) is 1. The van der Waals surface area contributed by atoms with Crippen LogP contribution in [0.3, 0.4) is 0 Å². The van der Waals surface area contributed by atoms with E-state index in [0.29, 0.717) is 0 Å². The zero-order chi connectivity index (χ0) is 11.5. The fraction of sp³-hybridized carbons (Fsp3) is 0.111. The number of hydrogen-bond acceptors (Lipinski definition) is 4. The second kappa shape index (κ2) is 4.22. The molecule has 0 saturated carbocycles. The average molecular weight is 227 g/mol. The quantitative estimate of drug-likeness (QED) is 0.741. The third-order valence-corrected chi connectivity index (χ3v) is 2.95. The number of nitrogens with one attached hydrogen (secondary N) is 1. The Balaban J connectivity index is 2.96. The van der Waals surface area contributed by atoms with Gasteiger partial charge in [-0.1, -0.05) is 18.2 Å². The Hall–Kier alpha value is -1.69. The van der Waals surface area contributed by atoms with E-state index in [2.05, 4.69) is 0 Å². The molecule has 0 aliphatic rings. The largest absolute Gasteiger partial charge is 0.300 e. The van der Waals surface area contributed by atoms with Gasteiger partial charge in [-0.05, 0) is 12.1 Å². The minimum Gasteiger partial charge on any atom is -0.289 e. The van der Waals surface area contributed by atoms with Crippen LogP contribution in [0.25, 0.3) is 0 Å². The zero-order valence-corrected chi connectivity index (χ0v) is 8.74. The molecule has 15 heavy (non-hydrogen) atoms. The van der Waals surface area contributed by atoms with Crippen LogP contribution in [-0.2, 0) is 19.6 Å². The molecule has 1 rings (SSSR count). The van der Waals surface area contributed by atoms with Gasteiger partial charge in [0.05, 0.1) is 4.90 Å². The lowest BCUT2D eigenvalue weighted by atomic mass is 10.4. The molecular formula is C9H9NO4S. The highest BCUT2D eigenvalue weighted by atomic mass is 32.2. The number of sulfonamides is 1. The number of hydrogen-bond donors (Lipinski definition) is 1. The summed E-state index contributed by atoms with van der Waals surface area (Å²) in [5.41, 5.74) is 0. The molecule has 6 heteroatoms. The third-order valence-electron chi connectivity index (χ3n) is 1.60. The van der Waals surface area contributed by atoms with Gasteiger partial charge in [0.15, 0.2) is 0 Å². The van der Waals surface area contributed by atoms with E-state index in [-0.39, 0.29) is 4.90 Å². The maximum absolute atomic E-state index is 11.5.